The van der Waals surface area contributed by atoms with Gasteiger partial charge in [0.25, 0.3) is 0 Å². The molecule has 0 saturated carbocycles. The largest absolute Gasteiger partial charge is 0.375 e. The van der Waals surface area contributed by atoms with E-state index in [0.717, 1.165) is 24.1 Å². The van der Waals surface area contributed by atoms with Crippen LogP contribution in [0.15, 0.2) is 29.4 Å². The fraction of sp³-hybridized carbons (Fsp3) is 0.333. The Kier molecular flexibility index (Phi) is 4.92. The lowest BCUT2D eigenvalue weighted by molar-refractivity contribution is 1.01. The SMILES string of the molecule is CC/C(=N/NC(N)=S)c1ccccc1CC. The van der Waals surface area contributed by atoms with Crippen LogP contribution in [-0.4, -0.2) is 10.8 Å². The second-order valence-corrected chi connectivity index (χ2v) is 3.84. The Bertz CT molecular complexity index is 399. The van der Waals surface area contributed by atoms with Crippen LogP contribution in [0.2, 0.25) is 0 Å². The maximum Gasteiger partial charge on any atom is 0.184 e. The zero-order chi connectivity index (χ0) is 12.0. The van der Waals surface area contributed by atoms with Crippen LogP contribution in [-0.2, 0) is 6.42 Å². The fourth-order valence-corrected chi connectivity index (χ4v) is 1.61. The van der Waals surface area contributed by atoms with Gasteiger partial charge in [0.05, 0.1) is 5.71 Å². The molecule has 0 fully saturated rings. The lowest BCUT2D eigenvalue weighted by Gasteiger charge is -2.09. The average molecular weight is 235 g/mol. The number of hydrogen-bond acceptors (Lipinski definition) is 2. The first kappa shape index (κ1) is 12.6. The van der Waals surface area contributed by atoms with Crippen molar-refractivity contribution in [3.63, 3.8) is 0 Å². The van der Waals surface area contributed by atoms with E-state index in [2.05, 4.69) is 36.5 Å². The molecule has 1 aromatic carbocycles. The maximum atomic E-state index is 5.36. The minimum Gasteiger partial charge on any atom is -0.375 e. The first-order chi connectivity index (χ1) is 7.69. The number of nitrogens with two attached hydrogens (primary N) is 1. The molecular weight excluding hydrogens is 218 g/mol. The summed E-state index contributed by atoms with van der Waals surface area (Å²) in [4.78, 5) is 0. The highest BCUT2D eigenvalue weighted by molar-refractivity contribution is 7.80. The first-order valence-corrected chi connectivity index (χ1v) is 5.80. The lowest BCUT2D eigenvalue weighted by atomic mass is 10.00. The smallest absolute Gasteiger partial charge is 0.184 e. The van der Waals surface area contributed by atoms with Crippen molar-refractivity contribution >= 4 is 23.0 Å². The Balaban J connectivity index is 3.03. The van der Waals surface area contributed by atoms with Gasteiger partial charge in [0.15, 0.2) is 5.11 Å². The molecule has 0 aliphatic carbocycles. The van der Waals surface area contributed by atoms with E-state index < -0.39 is 0 Å². The van der Waals surface area contributed by atoms with Crippen molar-refractivity contribution in [3.8, 4) is 0 Å². The topological polar surface area (TPSA) is 50.4 Å². The third-order valence-corrected chi connectivity index (χ3v) is 2.44. The van der Waals surface area contributed by atoms with Gasteiger partial charge in [-0.3, -0.25) is 5.43 Å². The Morgan fingerprint density at radius 3 is 2.62 bits per heavy atom. The number of rotatable bonds is 4. The Hall–Kier alpha value is -1.42. The van der Waals surface area contributed by atoms with E-state index in [9.17, 15) is 0 Å². The van der Waals surface area contributed by atoms with Crippen molar-refractivity contribution in [2.45, 2.75) is 26.7 Å². The van der Waals surface area contributed by atoms with Gasteiger partial charge in [-0.15, -0.1) is 0 Å². The summed E-state index contributed by atoms with van der Waals surface area (Å²) in [5, 5.41) is 4.42. The van der Waals surface area contributed by atoms with Crippen molar-refractivity contribution in [1.29, 1.82) is 0 Å². The van der Waals surface area contributed by atoms with Gasteiger partial charge in [0, 0.05) is 5.56 Å². The van der Waals surface area contributed by atoms with E-state index in [1.54, 1.807) is 0 Å². The Morgan fingerprint density at radius 2 is 2.06 bits per heavy atom. The first-order valence-electron chi connectivity index (χ1n) is 5.39. The van der Waals surface area contributed by atoms with Crippen LogP contribution in [0, 0.1) is 0 Å². The molecule has 0 spiro atoms. The van der Waals surface area contributed by atoms with Gasteiger partial charge in [0.1, 0.15) is 0 Å². The van der Waals surface area contributed by atoms with Crippen molar-refractivity contribution in [2.75, 3.05) is 0 Å². The minimum atomic E-state index is 0.194. The number of nitrogens with zero attached hydrogens (tertiary/aromatic N) is 1. The van der Waals surface area contributed by atoms with Gasteiger partial charge in [0.2, 0.25) is 0 Å². The van der Waals surface area contributed by atoms with Crippen molar-refractivity contribution < 1.29 is 0 Å². The molecular formula is C12H17N3S. The molecule has 0 aliphatic rings. The zero-order valence-corrected chi connectivity index (χ0v) is 10.5. The second kappa shape index (κ2) is 6.23. The van der Waals surface area contributed by atoms with E-state index in [1.165, 1.54) is 5.56 Å². The van der Waals surface area contributed by atoms with E-state index >= 15 is 0 Å². The van der Waals surface area contributed by atoms with Gasteiger partial charge < -0.3 is 5.73 Å². The quantitative estimate of drug-likeness (QED) is 0.478. The minimum absolute atomic E-state index is 0.194. The van der Waals surface area contributed by atoms with Crippen LogP contribution in [0.25, 0.3) is 0 Å². The number of thiocarbonyl (C=S) groups is 1. The summed E-state index contributed by atoms with van der Waals surface area (Å²) < 4.78 is 0. The second-order valence-electron chi connectivity index (χ2n) is 3.40. The molecule has 0 atom stereocenters. The highest BCUT2D eigenvalue weighted by Crippen LogP contribution is 2.12. The normalized spacial score (nSPS) is 11.2. The van der Waals surface area contributed by atoms with Crippen molar-refractivity contribution in [3.05, 3.63) is 35.4 Å². The molecule has 16 heavy (non-hydrogen) atoms. The van der Waals surface area contributed by atoms with Crippen LogP contribution in [0.1, 0.15) is 31.4 Å². The summed E-state index contributed by atoms with van der Waals surface area (Å²) in [5.74, 6) is 0. The van der Waals surface area contributed by atoms with Crippen LogP contribution in [0.4, 0.5) is 0 Å². The molecule has 0 radical (unpaired) electrons. The van der Waals surface area contributed by atoms with Gasteiger partial charge >= 0.3 is 0 Å². The average Bonchev–Trinajstić information content (AvgIpc) is 2.30. The molecule has 4 heteroatoms. The number of benzene rings is 1. The monoisotopic (exact) mass is 235 g/mol. The van der Waals surface area contributed by atoms with Crippen molar-refractivity contribution in [2.24, 2.45) is 10.8 Å². The molecule has 0 unspecified atom stereocenters. The molecule has 0 saturated heterocycles. The Morgan fingerprint density at radius 1 is 1.38 bits per heavy atom. The highest BCUT2D eigenvalue weighted by atomic mass is 32.1. The molecule has 3 N–H and O–H groups in total. The van der Waals surface area contributed by atoms with Crippen LogP contribution in [0.5, 0.6) is 0 Å². The van der Waals surface area contributed by atoms with Gasteiger partial charge in [-0.1, -0.05) is 38.1 Å². The molecule has 0 aromatic heterocycles. The Labute approximate surface area is 102 Å². The molecule has 1 aromatic rings. The summed E-state index contributed by atoms with van der Waals surface area (Å²) in [6.45, 7) is 4.19. The van der Waals surface area contributed by atoms with Gasteiger partial charge in [-0.2, -0.15) is 5.10 Å². The standard InChI is InChI=1S/C12H17N3S/c1-3-9-7-5-6-8-10(9)11(4-2)14-15-12(13)16/h5-8H,3-4H2,1-2H3,(H3,13,15,16)/b14-11-. The van der Waals surface area contributed by atoms with E-state index in [1.807, 2.05) is 12.1 Å². The number of hydrazone groups is 1. The predicted molar refractivity (Wildman–Crippen MR) is 72.6 cm³/mol. The molecule has 0 amide bonds. The van der Waals surface area contributed by atoms with Crippen LogP contribution >= 0.6 is 12.2 Å². The van der Waals surface area contributed by atoms with Crippen LogP contribution < -0.4 is 11.2 Å². The molecule has 0 aliphatic heterocycles. The molecule has 0 bridgehead atoms. The third-order valence-electron chi connectivity index (χ3n) is 2.35. The lowest BCUT2D eigenvalue weighted by Crippen LogP contribution is -2.25. The highest BCUT2D eigenvalue weighted by Gasteiger charge is 2.05. The van der Waals surface area contributed by atoms with Gasteiger partial charge in [-0.05, 0) is 30.6 Å². The summed E-state index contributed by atoms with van der Waals surface area (Å²) in [6, 6.07) is 8.24. The fourth-order valence-electron chi connectivity index (χ4n) is 1.56. The number of hydrogen-bond donors (Lipinski definition) is 2. The summed E-state index contributed by atoms with van der Waals surface area (Å²) in [5.41, 5.74) is 11.4. The molecule has 0 heterocycles. The van der Waals surface area contributed by atoms with E-state index in [-0.39, 0.29) is 5.11 Å². The third kappa shape index (κ3) is 3.31. The summed E-state index contributed by atoms with van der Waals surface area (Å²) in [6.07, 6.45) is 1.83. The van der Waals surface area contributed by atoms with E-state index in [0.29, 0.717) is 0 Å². The molecule has 3 nitrogen and oxygen atoms in total. The molecule has 86 valence electrons. The number of nitrogens with one attached hydrogen (secondary N) is 1. The number of aryl methyl sites for hydroxylation is 1. The predicted octanol–water partition coefficient (Wildman–Crippen LogP) is 2.20. The van der Waals surface area contributed by atoms with Crippen LogP contribution in [0.3, 0.4) is 0 Å². The zero-order valence-electron chi connectivity index (χ0n) is 9.66. The summed E-state index contributed by atoms with van der Waals surface area (Å²) in [7, 11) is 0. The maximum absolute atomic E-state index is 5.36. The van der Waals surface area contributed by atoms with Gasteiger partial charge in [-0.25, -0.2) is 0 Å². The molecule has 1 rings (SSSR count). The van der Waals surface area contributed by atoms with Crippen molar-refractivity contribution in [1.82, 2.24) is 5.43 Å². The summed E-state index contributed by atoms with van der Waals surface area (Å²) >= 11 is 4.73. The van der Waals surface area contributed by atoms with E-state index in [4.69, 9.17) is 18.0 Å².